The number of nitrogens with one attached hydrogen (secondary N) is 1. The molecule has 34 heavy (non-hydrogen) atoms. The molecule has 0 unspecified atom stereocenters. The largest absolute Gasteiger partial charge is 0.361 e. The number of amides is 1. The van der Waals surface area contributed by atoms with Crippen LogP contribution in [0, 0.1) is 5.92 Å². The van der Waals surface area contributed by atoms with Gasteiger partial charge in [-0.3, -0.25) is 4.79 Å². The van der Waals surface area contributed by atoms with Gasteiger partial charge in [-0.25, -0.2) is 4.98 Å². The van der Waals surface area contributed by atoms with E-state index in [2.05, 4.69) is 64.9 Å². The smallest absolute Gasteiger partial charge is 0.227 e. The summed E-state index contributed by atoms with van der Waals surface area (Å²) in [6.45, 7) is 3.90. The number of fused-ring (bicyclic) bond motifs is 3. The molecule has 3 atom stereocenters. The quantitative estimate of drug-likeness (QED) is 0.482. The molecule has 0 bridgehead atoms. The van der Waals surface area contributed by atoms with Crippen LogP contribution in [0.15, 0.2) is 36.5 Å². The van der Waals surface area contributed by atoms with Crippen LogP contribution in [0.4, 0.5) is 5.82 Å². The SMILES string of the molecule is CN1C[C@H](C(=O)N2CCN(c3ccc4nsnc4n3)CC2)C[C@@H]2c3cccc4[nH]cc(c34)C[C@H]21. The second-order valence-electron chi connectivity index (χ2n) is 9.92. The molecule has 7 rings (SSSR count). The number of aromatic amines is 1. The van der Waals surface area contributed by atoms with E-state index in [9.17, 15) is 4.79 Å². The summed E-state index contributed by atoms with van der Waals surface area (Å²) in [7, 11) is 2.20. The van der Waals surface area contributed by atoms with Gasteiger partial charge in [-0.1, -0.05) is 12.1 Å². The van der Waals surface area contributed by atoms with Crippen LogP contribution in [-0.2, 0) is 11.2 Å². The van der Waals surface area contributed by atoms with Crippen molar-refractivity contribution in [2.24, 2.45) is 5.92 Å². The number of aromatic nitrogens is 4. The van der Waals surface area contributed by atoms with Gasteiger partial charge in [-0.15, -0.1) is 0 Å². The molecule has 1 amide bonds. The number of likely N-dealkylation sites (N-methyl/N-ethyl adjacent to an activating group) is 1. The Labute approximate surface area is 201 Å². The highest BCUT2D eigenvalue weighted by Gasteiger charge is 2.42. The maximum Gasteiger partial charge on any atom is 0.227 e. The van der Waals surface area contributed by atoms with E-state index in [0.29, 0.717) is 23.5 Å². The highest BCUT2D eigenvalue weighted by Crippen LogP contribution is 2.44. The van der Waals surface area contributed by atoms with Crippen molar-refractivity contribution in [3.05, 3.63) is 47.7 Å². The zero-order chi connectivity index (χ0) is 22.8. The van der Waals surface area contributed by atoms with E-state index in [4.69, 9.17) is 0 Å². The number of hydrogen-bond donors (Lipinski definition) is 1. The molecule has 8 nitrogen and oxygen atoms in total. The highest BCUT2D eigenvalue weighted by molar-refractivity contribution is 7.00. The molecule has 2 fully saturated rings. The minimum atomic E-state index is 0.0455. The molecule has 2 saturated heterocycles. The van der Waals surface area contributed by atoms with Crippen molar-refractivity contribution in [1.29, 1.82) is 0 Å². The molecule has 174 valence electrons. The zero-order valence-corrected chi connectivity index (χ0v) is 20.0. The predicted molar refractivity (Wildman–Crippen MR) is 133 cm³/mol. The third-order valence-electron chi connectivity index (χ3n) is 8.10. The number of hydrogen-bond acceptors (Lipinski definition) is 7. The van der Waals surface area contributed by atoms with Gasteiger partial charge in [0.15, 0.2) is 5.65 Å². The molecular formula is C25H27N7OS. The first-order valence-corrected chi connectivity index (χ1v) is 12.8. The van der Waals surface area contributed by atoms with Crippen LogP contribution in [0.2, 0.25) is 0 Å². The number of rotatable bonds is 2. The first-order chi connectivity index (χ1) is 16.7. The maximum atomic E-state index is 13.6. The van der Waals surface area contributed by atoms with Gasteiger partial charge in [0.25, 0.3) is 0 Å². The number of H-pyrrole nitrogens is 1. The van der Waals surface area contributed by atoms with Crippen molar-refractivity contribution in [2.75, 3.05) is 44.7 Å². The number of nitrogens with zero attached hydrogens (tertiary/aromatic N) is 6. The normalized spacial score (nSPS) is 25.1. The first-order valence-electron chi connectivity index (χ1n) is 12.1. The summed E-state index contributed by atoms with van der Waals surface area (Å²) in [5.74, 6) is 1.68. The number of likely N-dealkylation sites (tertiary alicyclic amines) is 1. The number of benzene rings is 1. The minimum absolute atomic E-state index is 0.0455. The fourth-order valence-corrected chi connectivity index (χ4v) is 6.87. The Morgan fingerprint density at radius 1 is 1.12 bits per heavy atom. The summed E-state index contributed by atoms with van der Waals surface area (Å²) in [6, 6.07) is 11.0. The van der Waals surface area contributed by atoms with Crippen LogP contribution in [0.3, 0.4) is 0 Å². The second kappa shape index (κ2) is 7.74. The molecule has 0 saturated carbocycles. The summed E-state index contributed by atoms with van der Waals surface area (Å²) < 4.78 is 8.50. The third-order valence-corrected chi connectivity index (χ3v) is 8.63. The lowest BCUT2D eigenvalue weighted by Crippen LogP contribution is -2.55. The average Bonchev–Trinajstić information content (AvgIpc) is 3.52. The van der Waals surface area contributed by atoms with Gasteiger partial charge in [-0.2, -0.15) is 8.75 Å². The average molecular weight is 474 g/mol. The lowest BCUT2D eigenvalue weighted by atomic mass is 9.72. The lowest BCUT2D eigenvalue weighted by Gasteiger charge is -2.46. The Kier molecular flexibility index (Phi) is 4.63. The van der Waals surface area contributed by atoms with E-state index in [1.54, 1.807) is 0 Å². The second-order valence-corrected chi connectivity index (χ2v) is 10.5. The Bertz CT molecular complexity index is 1390. The Hall–Kier alpha value is -3.04. The third kappa shape index (κ3) is 3.14. The molecular weight excluding hydrogens is 446 g/mol. The summed E-state index contributed by atoms with van der Waals surface area (Å²) in [5, 5.41) is 1.39. The van der Waals surface area contributed by atoms with E-state index in [1.807, 2.05) is 12.1 Å². The van der Waals surface area contributed by atoms with Crippen molar-refractivity contribution in [3.63, 3.8) is 0 Å². The van der Waals surface area contributed by atoms with Crippen LogP contribution < -0.4 is 4.90 Å². The van der Waals surface area contributed by atoms with Gasteiger partial charge >= 0.3 is 0 Å². The lowest BCUT2D eigenvalue weighted by molar-refractivity contribution is -0.138. The Balaban J connectivity index is 1.07. The molecule has 5 heterocycles. The predicted octanol–water partition coefficient (Wildman–Crippen LogP) is 2.88. The molecule has 2 aliphatic heterocycles. The fourth-order valence-electron chi connectivity index (χ4n) is 6.38. The van der Waals surface area contributed by atoms with Crippen LogP contribution in [0.25, 0.3) is 22.1 Å². The number of carbonyl (C=O) groups is 1. The van der Waals surface area contributed by atoms with Crippen molar-refractivity contribution in [3.8, 4) is 0 Å². The van der Waals surface area contributed by atoms with Crippen molar-refractivity contribution < 1.29 is 4.79 Å². The Morgan fingerprint density at radius 3 is 2.88 bits per heavy atom. The molecule has 0 spiro atoms. The van der Waals surface area contributed by atoms with Crippen LogP contribution >= 0.6 is 11.7 Å². The summed E-state index contributed by atoms with van der Waals surface area (Å²) >= 11 is 1.19. The standard InChI is InChI=1S/C25H27N7OS/c1-30-14-16(11-18-17-3-2-4-19-23(17)15(13-26-19)12-21(18)30)25(33)32-9-7-31(8-10-32)22-6-5-20-24(27-22)29-34-28-20/h2-6,13,16,18,21,26H,7-12,14H2,1H3/t16-,18-,21-/m1/s1. The van der Waals surface area contributed by atoms with E-state index < -0.39 is 0 Å². The van der Waals surface area contributed by atoms with Crippen molar-refractivity contribution in [2.45, 2.75) is 24.8 Å². The summed E-state index contributed by atoms with van der Waals surface area (Å²) in [6.07, 6.45) is 4.17. The topological polar surface area (TPSA) is 81.2 Å². The van der Waals surface area contributed by atoms with Gasteiger partial charge in [0.1, 0.15) is 11.3 Å². The Morgan fingerprint density at radius 2 is 2.00 bits per heavy atom. The molecule has 3 aromatic heterocycles. The number of anilines is 1. The van der Waals surface area contributed by atoms with Crippen LogP contribution in [0.5, 0.6) is 0 Å². The first kappa shape index (κ1) is 20.3. The minimum Gasteiger partial charge on any atom is -0.361 e. The molecule has 1 N–H and O–H groups in total. The molecule has 9 heteroatoms. The van der Waals surface area contributed by atoms with Crippen molar-refractivity contribution >= 4 is 45.5 Å². The molecule has 3 aliphatic rings. The number of pyridine rings is 1. The molecule has 4 aromatic rings. The number of piperazine rings is 1. The van der Waals surface area contributed by atoms with Crippen LogP contribution in [0.1, 0.15) is 23.5 Å². The van der Waals surface area contributed by atoms with Gasteiger partial charge in [-0.05, 0) is 49.2 Å². The fraction of sp³-hybridized carbons (Fsp3) is 0.440. The van der Waals surface area contributed by atoms with Gasteiger partial charge in [0.2, 0.25) is 5.91 Å². The molecule has 1 aliphatic carbocycles. The summed E-state index contributed by atoms with van der Waals surface area (Å²) in [5.41, 5.74) is 5.59. The van der Waals surface area contributed by atoms with Crippen molar-refractivity contribution in [1.82, 2.24) is 28.5 Å². The van der Waals surface area contributed by atoms with E-state index >= 15 is 0 Å². The van der Waals surface area contributed by atoms with Gasteiger partial charge in [0.05, 0.1) is 17.6 Å². The zero-order valence-electron chi connectivity index (χ0n) is 19.1. The number of piperidine rings is 1. The highest BCUT2D eigenvalue weighted by atomic mass is 32.1. The van der Waals surface area contributed by atoms with E-state index in [0.717, 1.165) is 56.9 Å². The van der Waals surface area contributed by atoms with Crippen LogP contribution in [-0.4, -0.2) is 80.2 Å². The number of carbonyl (C=O) groups excluding carboxylic acids is 1. The van der Waals surface area contributed by atoms with Gasteiger partial charge in [0, 0.05) is 61.8 Å². The van der Waals surface area contributed by atoms with Gasteiger partial charge < -0.3 is 19.7 Å². The maximum absolute atomic E-state index is 13.6. The van der Waals surface area contributed by atoms with E-state index in [-0.39, 0.29) is 5.92 Å². The van der Waals surface area contributed by atoms with E-state index in [1.165, 1.54) is 33.8 Å². The summed E-state index contributed by atoms with van der Waals surface area (Å²) in [4.78, 5) is 28.5. The monoisotopic (exact) mass is 473 g/mol. The molecule has 0 radical (unpaired) electrons. The molecule has 1 aromatic carbocycles.